The Morgan fingerprint density at radius 3 is 2.65 bits per heavy atom. The van der Waals surface area contributed by atoms with Crippen molar-refractivity contribution in [3.8, 4) is 0 Å². The fourth-order valence-corrected chi connectivity index (χ4v) is 1.83. The zero-order chi connectivity index (χ0) is 14.2. The zero-order valence-electron chi connectivity index (χ0n) is 11.9. The Kier molecular flexibility index (Phi) is 5.41. The van der Waals surface area contributed by atoms with Crippen LogP contribution in [0.25, 0.3) is 0 Å². The van der Waals surface area contributed by atoms with Crippen LogP contribution in [0.3, 0.4) is 0 Å². The van der Waals surface area contributed by atoms with Crippen LogP contribution >= 0.6 is 0 Å². The number of hydrogen-bond acceptors (Lipinski definition) is 2. The summed E-state index contributed by atoms with van der Waals surface area (Å²) < 4.78 is 0. The van der Waals surface area contributed by atoms with E-state index in [-0.39, 0.29) is 12.5 Å². The molecule has 1 aliphatic rings. The monoisotopic (exact) mass is 274 g/mol. The van der Waals surface area contributed by atoms with Crippen LogP contribution in [0, 0.1) is 0 Å². The Morgan fingerprint density at radius 1 is 1.25 bits per heavy atom. The number of nitrogens with zero attached hydrogens (tertiary/aromatic N) is 1. The molecule has 1 aliphatic carbocycles. The van der Waals surface area contributed by atoms with Gasteiger partial charge in [0.1, 0.15) is 0 Å². The quantitative estimate of drug-likeness (QED) is 0.528. The number of rotatable bonds is 6. The molecule has 0 radical (unpaired) electrons. The van der Waals surface area contributed by atoms with Crippen LogP contribution in [0.2, 0.25) is 0 Å². The molecular formula is C15H22N4O. The van der Waals surface area contributed by atoms with E-state index in [0.717, 1.165) is 6.42 Å². The highest BCUT2D eigenvalue weighted by Gasteiger charge is 2.22. The van der Waals surface area contributed by atoms with Crippen LogP contribution in [0.15, 0.2) is 35.3 Å². The summed E-state index contributed by atoms with van der Waals surface area (Å²) in [6.45, 7) is 0.903. The molecule has 3 N–H and O–H groups in total. The predicted octanol–water partition coefficient (Wildman–Crippen LogP) is 0.673. The van der Waals surface area contributed by atoms with Crippen molar-refractivity contribution < 1.29 is 4.79 Å². The Hall–Kier alpha value is -2.04. The first-order chi connectivity index (χ1) is 9.78. The molecule has 2 rings (SSSR count). The lowest BCUT2D eigenvalue weighted by atomic mass is 10.1. The molecule has 0 aliphatic heterocycles. The van der Waals surface area contributed by atoms with E-state index >= 15 is 0 Å². The third kappa shape index (κ3) is 5.30. The lowest BCUT2D eigenvalue weighted by Gasteiger charge is -2.11. The second-order valence-electron chi connectivity index (χ2n) is 4.93. The average molecular weight is 274 g/mol. The van der Waals surface area contributed by atoms with Crippen LogP contribution in [0.5, 0.6) is 0 Å². The summed E-state index contributed by atoms with van der Waals surface area (Å²) in [4.78, 5) is 15.8. The fraction of sp³-hybridized carbons (Fsp3) is 0.467. The lowest BCUT2D eigenvalue weighted by molar-refractivity contribution is -0.119. The maximum atomic E-state index is 11.7. The molecule has 0 atom stereocenters. The molecule has 5 heteroatoms. The molecule has 108 valence electrons. The summed E-state index contributed by atoms with van der Waals surface area (Å²) in [5.74, 6) is 0.686. The number of benzene rings is 1. The third-order valence-corrected chi connectivity index (χ3v) is 3.14. The van der Waals surface area contributed by atoms with Crippen LogP contribution in [0.1, 0.15) is 18.4 Å². The van der Waals surface area contributed by atoms with E-state index in [1.807, 2.05) is 18.2 Å². The highest BCUT2D eigenvalue weighted by atomic mass is 16.1. The van der Waals surface area contributed by atoms with Crippen LogP contribution in [-0.2, 0) is 11.2 Å². The summed E-state index contributed by atoms with van der Waals surface area (Å²) in [7, 11) is 1.71. The highest BCUT2D eigenvalue weighted by molar-refractivity contribution is 5.86. The Balaban J connectivity index is 1.60. The van der Waals surface area contributed by atoms with Gasteiger partial charge in [0, 0.05) is 19.6 Å². The number of nitrogens with one attached hydrogen (secondary N) is 3. The number of carbonyl (C=O) groups excluding carboxylic acids is 1. The minimum Gasteiger partial charge on any atom is -0.354 e. The molecule has 1 saturated carbocycles. The van der Waals surface area contributed by atoms with E-state index in [1.165, 1.54) is 18.4 Å². The SMILES string of the molecule is CN=C(NCC(=O)NCCc1ccccc1)NC1CC1. The maximum absolute atomic E-state index is 11.7. The average Bonchev–Trinajstić information content (AvgIpc) is 3.28. The van der Waals surface area contributed by atoms with Crippen molar-refractivity contribution in [2.24, 2.45) is 4.99 Å². The Morgan fingerprint density at radius 2 is 2.00 bits per heavy atom. The van der Waals surface area contributed by atoms with Gasteiger partial charge in [0.05, 0.1) is 6.54 Å². The molecule has 1 aromatic rings. The van der Waals surface area contributed by atoms with Crippen molar-refractivity contribution in [2.75, 3.05) is 20.1 Å². The summed E-state index contributed by atoms with van der Waals surface area (Å²) in [6.07, 6.45) is 3.22. The first-order valence-corrected chi connectivity index (χ1v) is 7.06. The molecule has 1 aromatic carbocycles. The van der Waals surface area contributed by atoms with Crippen molar-refractivity contribution in [1.82, 2.24) is 16.0 Å². The number of hydrogen-bond donors (Lipinski definition) is 3. The summed E-state index contributed by atoms with van der Waals surface area (Å²) >= 11 is 0. The molecule has 0 spiro atoms. The molecule has 5 nitrogen and oxygen atoms in total. The lowest BCUT2D eigenvalue weighted by Crippen LogP contribution is -2.44. The van der Waals surface area contributed by atoms with Gasteiger partial charge in [0.15, 0.2) is 5.96 Å². The Labute approximate surface area is 119 Å². The molecule has 0 heterocycles. The molecule has 1 fully saturated rings. The van der Waals surface area contributed by atoms with Gasteiger partial charge in [0.25, 0.3) is 0 Å². The van der Waals surface area contributed by atoms with Gasteiger partial charge in [-0.25, -0.2) is 0 Å². The predicted molar refractivity (Wildman–Crippen MR) is 80.7 cm³/mol. The Bertz CT molecular complexity index is 454. The normalized spacial score (nSPS) is 14.8. The molecule has 20 heavy (non-hydrogen) atoms. The van der Waals surface area contributed by atoms with E-state index in [0.29, 0.717) is 18.5 Å². The summed E-state index contributed by atoms with van der Waals surface area (Å²) in [5, 5.41) is 9.15. The molecule has 0 bridgehead atoms. The number of carbonyl (C=O) groups is 1. The van der Waals surface area contributed by atoms with E-state index < -0.39 is 0 Å². The van der Waals surface area contributed by atoms with E-state index in [4.69, 9.17) is 0 Å². The summed E-state index contributed by atoms with van der Waals surface area (Å²) in [6, 6.07) is 10.7. The molecule has 0 aromatic heterocycles. The van der Waals surface area contributed by atoms with E-state index in [2.05, 4.69) is 33.1 Å². The van der Waals surface area contributed by atoms with Gasteiger partial charge in [-0.05, 0) is 24.8 Å². The molecular weight excluding hydrogens is 252 g/mol. The smallest absolute Gasteiger partial charge is 0.239 e. The van der Waals surface area contributed by atoms with Gasteiger partial charge in [-0.2, -0.15) is 0 Å². The van der Waals surface area contributed by atoms with Crippen molar-refractivity contribution in [3.05, 3.63) is 35.9 Å². The molecule has 0 saturated heterocycles. The van der Waals surface area contributed by atoms with E-state index in [1.54, 1.807) is 7.05 Å². The van der Waals surface area contributed by atoms with Crippen LogP contribution in [-0.4, -0.2) is 38.0 Å². The van der Waals surface area contributed by atoms with Crippen molar-refractivity contribution in [1.29, 1.82) is 0 Å². The van der Waals surface area contributed by atoms with Crippen molar-refractivity contribution in [2.45, 2.75) is 25.3 Å². The number of guanidine groups is 1. The van der Waals surface area contributed by atoms with Crippen LogP contribution < -0.4 is 16.0 Å². The maximum Gasteiger partial charge on any atom is 0.239 e. The fourth-order valence-electron chi connectivity index (χ4n) is 1.83. The van der Waals surface area contributed by atoms with Gasteiger partial charge in [-0.1, -0.05) is 30.3 Å². The molecule has 0 unspecified atom stereocenters. The minimum absolute atomic E-state index is 0.0142. The number of aliphatic imine (C=N–C) groups is 1. The zero-order valence-corrected chi connectivity index (χ0v) is 11.9. The van der Waals surface area contributed by atoms with Gasteiger partial charge >= 0.3 is 0 Å². The topological polar surface area (TPSA) is 65.5 Å². The van der Waals surface area contributed by atoms with Gasteiger partial charge in [-0.15, -0.1) is 0 Å². The first-order valence-electron chi connectivity index (χ1n) is 7.06. The standard InChI is InChI=1S/C15H22N4O/c1-16-15(19-13-7-8-13)18-11-14(20)17-10-9-12-5-3-2-4-6-12/h2-6,13H,7-11H2,1H3,(H,17,20)(H2,16,18,19). The first kappa shape index (κ1) is 14.4. The molecule has 1 amide bonds. The second-order valence-corrected chi connectivity index (χ2v) is 4.93. The largest absolute Gasteiger partial charge is 0.354 e. The third-order valence-electron chi connectivity index (χ3n) is 3.14. The van der Waals surface area contributed by atoms with E-state index in [9.17, 15) is 4.79 Å². The van der Waals surface area contributed by atoms with Crippen molar-refractivity contribution >= 4 is 11.9 Å². The van der Waals surface area contributed by atoms with Crippen molar-refractivity contribution in [3.63, 3.8) is 0 Å². The second kappa shape index (κ2) is 7.53. The van der Waals surface area contributed by atoms with Gasteiger partial charge < -0.3 is 16.0 Å². The summed E-state index contributed by atoms with van der Waals surface area (Å²) in [5.41, 5.74) is 1.23. The van der Waals surface area contributed by atoms with Crippen LogP contribution in [0.4, 0.5) is 0 Å². The van der Waals surface area contributed by atoms with Gasteiger partial charge in [-0.3, -0.25) is 9.79 Å². The highest BCUT2D eigenvalue weighted by Crippen LogP contribution is 2.18. The minimum atomic E-state index is -0.0142. The van der Waals surface area contributed by atoms with Gasteiger partial charge in [0.2, 0.25) is 5.91 Å². The number of amides is 1.